The van der Waals surface area contributed by atoms with E-state index in [0.717, 1.165) is 19.5 Å². The van der Waals surface area contributed by atoms with Crippen molar-refractivity contribution in [3.05, 3.63) is 35.9 Å². The number of benzene rings is 1. The highest BCUT2D eigenvalue weighted by Gasteiger charge is 2.27. The lowest BCUT2D eigenvalue weighted by molar-refractivity contribution is 0.222. The number of nitrogens with zero attached hydrogens (tertiary/aromatic N) is 1. The second-order valence-electron chi connectivity index (χ2n) is 4.57. The zero-order valence-corrected chi connectivity index (χ0v) is 10.6. The van der Waals surface area contributed by atoms with Crippen LogP contribution in [0.15, 0.2) is 30.3 Å². The fraction of sp³-hybridized carbons (Fsp3) is 0.500. The fourth-order valence-electron chi connectivity index (χ4n) is 2.27. The van der Waals surface area contributed by atoms with Crippen molar-refractivity contribution >= 4 is 10.0 Å². The molecule has 17 heavy (non-hydrogen) atoms. The Morgan fingerprint density at radius 3 is 2.65 bits per heavy atom. The van der Waals surface area contributed by atoms with Crippen LogP contribution in [0, 0.1) is 0 Å². The number of nitrogens with two attached hydrogens (primary N) is 1. The zero-order chi connectivity index (χ0) is 12.3. The summed E-state index contributed by atoms with van der Waals surface area (Å²) in [5.74, 6) is 0. The number of rotatable bonds is 3. The molecule has 1 heterocycles. The summed E-state index contributed by atoms with van der Waals surface area (Å²) in [5.41, 5.74) is 1.21. The molecule has 4 nitrogen and oxygen atoms in total. The van der Waals surface area contributed by atoms with Gasteiger partial charge in [0, 0.05) is 13.1 Å². The minimum Gasteiger partial charge on any atom is -0.298 e. The van der Waals surface area contributed by atoms with Crippen LogP contribution in [0.3, 0.4) is 0 Å². The maximum Gasteiger partial charge on any atom is 0.213 e. The Morgan fingerprint density at radius 1 is 1.29 bits per heavy atom. The summed E-state index contributed by atoms with van der Waals surface area (Å²) in [6.45, 7) is 2.29. The van der Waals surface area contributed by atoms with Crippen molar-refractivity contribution in [2.45, 2.75) is 24.6 Å². The van der Waals surface area contributed by atoms with Crippen molar-refractivity contribution in [3.8, 4) is 0 Å². The monoisotopic (exact) mass is 254 g/mol. The Morgan fingerprint density at radius 2 is 2.00 bits per heavy atom. The molecule has 0 radical (unpaired) electrons. The molecule has 1 fully saturated rings. The summed E-state index contributed by atoms with van der Waals surface area (Å²) in [6, 6.07) is 10.1. The number of primary sulfonamides is 1. The van der Waals surface area contributed by atoms with Gasteiger partial charge < -0.3 is 0 Å². The molecular weight excluding hydrogens is 236 g/mol. The molecule has 5 heteroatoms. The van der Waals surface area contributed by atoms with Crippen LogP contribution in [0.4, 0.5) is 0 Å². The molecule has 0 spiro atoms. The molecule has 1 aromatic rings. The SMILES string of the molecule is NS(=O)(=O)[C@@H]1CCCN(Cc2ccccc2)C1. The normalized spacial score (nSPS) is 22.5. The van der Waals surface area contributed by atoms with Crippen molar-refractivity contribution < 1.29 is 8.42 Å². The van der Waals surface area contributed by atoms with Crippen molar-refractivity contribution in [3.63, 3.8) is 0 Å². The van der Waals surface area contributed by atoms with Crippen molar-refractivity contribution in [1.29, 1.82) is 0 Å². The standard InChI is InChI=1S/C12H18N2O2S/c13-17(15,16)12-7-4-8-14(10-12)9-11-5-2-1-3-6-11/h1-3,5-6,12H,4,7-10H2,(H2,13,15,16)/t12-/m1/s1. The van der Waals surface area contributed by atoms with Gasteiger partial charge in [-0.2, -0.15) is 0 Å². The lowest BCUT2D eigenvalue weighted by atomic mass is 10.1. The summed E-state index contributed by atoms with van der Waals surface area (Å²) in [7, 11) is -3.39. The Balaban J connectivity index is 1.99. The number of sulfonamides is 1. The van der Waals surface area contributed by atoms with Gasteiger partial charge in [0.2, 0.25) is 10.0 Å². The molecule has 0 saturated carbocycles. The summed E-state index contributed by atoms with van der Waals surface area (Å²) >= 11 is 0. The summed E-state index contributed by atoms with van der Waals surface area (Å²) in [6.07, 6.45) is 1.58. The second kappa shape index (κ2) is 5.16. The molecule has 1 aliphatic heterocycles. The average molecular weight is 254 g/mol. The number of hydrogen-bond acceptors (Lipinski definition) is 3. The van der Waals surface area contributed by atoms with Gasteiger partial charge in [0.25, 0.3) is 0 Å². The Kier molecular flexibility index (Phi) is 3.81. The lowest BCUT2D eigenvalue weighted by Crippen LogP contribution is -2.44. The van der Waals surface area contributed by atoms with Gasteiger partial charge in [0.1, 0.15) is 0 Å². The topological polar surface area (TPSA) is 63.4 Å². The van der Waals surface area contributed by atoms with Crippen molar-refractivity contribution in [1.82, 2.24) is 4.90 Å². The van der Waals surface area contributed by atoms with Gasteiger partial charge in [0.15, 0.2) is 0 Å². The highest BCUT2D eigenvalue weighted by Crippen LogP contribution is 2.17. The van der Waals surface area contributed by atoms with Crippen LogP contribution in [-0.2, 0) is 16.6 Å². The van der Waals surface area contributed by atoms with E-state index < -0.39 is 15.3 Å². The van der Waals surface area contributed by atoms with E-state index in [4.69, 9.17) is 5.14 Å². The molecule has 2 rings (SSSR count). The highest BCUT2D eigenvalue weighted by atomic mass is 32.2. The molecule has 0 bridgehead atoms. The van der Waals surface area contributed by atoms with Crippen LogP contribution in [0.2, 0.25) is 0 Å². The van der Waals surface area contributed by atoms with E-state index >= 15 is 0 Å². The maximum atomic E-state index is 11.3. The molecule has 0 aliphatic carbocycles. The summed E-state index contributed by atoms with van der Waals surface area (Å²) < 4.78 is 22.7. The predicted octanol–water partition coefficient (Wildman–Crippen LogP) is 0.940. The Hall–Kier alpha value is -0.910. The third kappa shape index (κ3) is 3.52. The molecule has 2 N–H and O–H groups in total. The largest absolute Gasteiger partial charge is 0.298 e. The quantitative estimate of drug-likeness (QED) is 0.873. The van der Waals surface area contributed by atoms with Crippen molar-refractivity contribution in [2.75, 3.05) is 13.1 Å². The van der Waals surface area contributed by atoms with Crippen LogP contribution in [0.5, 0.6) is 0 Å². The van der Waals surface area contributed by atoms with E-state index in [2.05, 4.69) is 17.0 Å². The van der Waals surface area contributed by atoms with E-state index in [-0.39, 0.29) is 0 Å². The van der Waals surface area contributed by atoms with Crippen LogP contribution >= 0.6 is 0 Å². The van der Waals surface area contributed by atoms with E-state index in [1.165, 1.54) is 5.56 Å². The van der Waals surface area contributed by atoms with Gasteiger partial charge in [-0.05, 0) is 24.9 Å². The van der Waals surface area contributed by atoms with Crippen LogP contribution in [0.1, 0.15) is 18.4 Å². The van der Waals surface area contributed by atoms with Crippen molar-refractivity contribution in [2.24, 2.45) is 5.14 Å². The molecule has 0 amide bonds. The van der Waals surface area contributed by atoms with Gasteiger partial charge in [-0.1, -0.05) is 30.3 Å². The zero-order valence-electron chi connectivity index (χ0n) is 9.75. The first-order chi connectivity index (χ1) is 8.05. The Bertz CT molecular complexity index is 459. The lowest BCUT2D eigenvalue weighted by Gasteiger charge is -2.31. The molecule has 1 atom stereocenters. The van der Waals surface area contributed by atoms with Gasteiger partial charge in [0.05, 0.1) is 5.25 Å². The minimum atomic E-state index is -3.39. The summed E-state index contributed by atoms with van der Waals surface area (Å²) in [5, 5.41) is 4.81. The number of likely N-dealkylation sites (tertiary alicyclic amines) is 1. The van der Waals surface area contributed by atoms with Crippen LogP contribution < -0.4 is 5.14 Å². The Labute approximate surface area is 102 Å². The van der Waals surface area contributed by atoms with Crippen LogP contribution in [-0.4, -0.2) is 31.7 Å². The fourth-order valence-corrected chi connectivity index (χ4v) is 3.18. The maximum absolute atomic E-state index is 11.3. The van der Waals surface area contributed by atoms with Gasteiger partial charge >= 0.3 is 0 Å². The molecule has 0 unspecified atom stereocenters. The van der Waals surface area contributed by atoms with E-state index in [1.54, 1.807) is 0 Å². The molecule has 0 aromatic heterocycles. The van der Waals surface area contributed by atoms with Gasteiger partial charge in [-0.25, -0.2) is 13.6 Å². The van der Waals surface area contributed by atoms with Crippen LogP contribution in [0.25, 0.3) is 0 Å². The molecule has 1 aliphatic rings. The first-order valence-corrected chi connectivity index (χ1v) is 7.44. The molecular formula is C12H18N2O2S. The first kappa shape index (κ1) is 12.5. The average Bonchev–Trinajstić information content (AvgIpc) is 2.29. The molecule has 1 saturated heterocycles. The van der Waals surface area contributed by atoms with E-state index in [1.807, 2.05) is 18.2 Å². The second-order valence-corrected chi connectivity index (χ2v) is 6.42. The molecule has 1 aromatic carbocycles. The molecule has 94 valence electrons. The number of piperidine rings is 1. The van der Waals surface area contributed by atoms with E-state index in [9.17, 15) is 8.42 Å². The third-order valence-electron chi connectivity index (χ3n) is 3.18. The van der Waals surface area contributed by atoms with Gasteiger partial charge in [-0.15, -0.1) is 0 Å². The highest BCUT2D eigenvalue weighted by molar-refractivity contribution is 7.89. The van der Waals surface area contributed by atoms with E-state index in [0.29, 0.717) is 13.0 Å². The minimum absolute atomic E-state index is 0.403. The summed E-state index contributed by atoms with van der Waals surface area (Å²) in [4.78, 5) is 2.16. The predicted molar refractivity (Wildman–Crippen MR) is 67.8 cm³/mol. The van der Waals surface area contributed by atoms with Gasteiger partial charge in [-0.3, -0.25) is 4.90 Å². The first-order valence-electron chi connectivity index (χ1n) is 5.83. The number of hydrogen-bond donors (Lipinski definition) is 1. The smallest absolute Gasteiger partial charge is 0.213 e. The third-order valence-corrected chi connectivity index (χ3v) is 4.49.